The molecule has 60 heavy (non-hydrogen) atoms. The predicted octanol–water partition coefficient (Wildman–Crippen LogP) is 3.16. The summed E-state index contributed by atoms with van der Waals surface area (Å²) in [6.45, 7) is 20.2. The summed E-state index contributed by atoms with van der Waals surface area (Å²) in [5.74, 6) is -2.94. The number of ether oxygens (including phenoxy) is 4. The fourth-order valence-corrected chi connectivity index (χ4v) is 14.0. The molecule has 6 fully saturated rings. The fourth-order valence-electron chi connectivity index (χ4n) is 14.0. The fraction of sp³-hybridized carbons (Fsp3) is 0.889. The molecule has 0 aromatic rings. The molecular formula is C45H71NO14. The van der Waals surface area contributed by atoms with Crippen molar-refractivity contribution in [1.29, 1.82) is 0 Å². The first-order valence-corrected chi connectivity index (χ1v) is 22.3. The number of carbonyl (C=O) groups is 3. The van der Waals surface area contributed by atoms with E-state index in [1.54, 1.807) is 0 Å². The van der Waals surface area contributed by atoms with Crippen LogP contribution in [0.25, 0.3) is 0 Å². The molecule has 0 unspecified atom stereocenters. The molecule has 340 valence electrons. The van der Waals surface area contributed by atoms with Crippen LogP contribution in [-0.2, 0) is 33.3 Å². The van der Waals surface area contributed by atoms with Crippen LogP contribution in [-0.4, -0.2) is 134 Å². The first-order chi connectivity index (χ1) is 27.9. The molecule has 0 amide bonds. The lowest BCUT2D eigenvalue weighted by molar-refractivity contribution is -0.371. The molecular weight excluding hydrogens is 778 g/mol. The maximum absolute atomic E-state index is 15.0. The van der Waals surface area contributed by atoms with Crippen LogP contribution in [0, 0.1) is 50.2 Å². The lowest BCUT2D eigenvalue weighted by Crippen LogP contribution is -2.68. The van der Waals surface area contributed by atoms with Crippen molar-refractivity contribution in [3.8, 4) is 0 Å². The minimum Gasteiger partial charge on any atom is -0.479 e. The first-order valence-electron chi connectivity index (χ1n) is 22.3. The third-order valence-corrected chi connectivity index (χ3v) is 17.8. The van der Waals surface area contributed by atoms with Gasteiger partial charge in [0.2, 0.25) is 0 Å². The van der Waals surface area contributed by atoms with Gasteiger partial charge in [-0.1, -0.05) is 61.0 Å². The van der Waals surface area contributed by atoms with E-state index in [1.165, 1.54) is 12.0 Å². The van der Waals surface area contributed by atoms with Gasteiger partial charge in [-0.15, -0.1) is 0 Å². The first kappa shape index (κ1) is 46.0. The lowest BCUT2D eigenvalue weighted by Gasteiger charge is -2.70. The molecule has 15 nitrogen and oxygen atoms in total. The monoisotopic (exact) mass is 849 g/mol. The number of carbonyl (C=O) groups excluding carboxylic acids is 1. The van der Waals surface area contributed by atoms with Gasteiger partial charge in [0.05, 0.1) is 6.10 Å². The smallest absolute Gasteiger partial charge is 0.335 e. The van der Waals surface area contributed by atoms with E-state index >= 15 is 4.79 Å². The summed E-state index contributed by atoms with van der Waals surface area (Å²) in [5, 5.41) is 76.7. The van der Waals surface area contributed by atoms with Gasteiger partial charge in [-0.05, 0) is 121 Å². The Kier molecular flexibility index (Phi) is 12.2. The van der Waals surface area contributed by atoms with Crippen molar-refractivity contribution in [1.82, 2.24) is 5.32 Å². The average Bonchev–Trinajstić information content (AvgIpc) is 3.16. The molecule has 7 rings (SSSR count). The van der Waals surface area contributed by atoms with Crippen molar-refractivity contribution < 1.29 is 69.1 Å². The molecule has 2 aliphatic heterocycles. The molecule has 2 saturated heterocycles. The van der Waals surface area contributed by atoms with Gasteiger partial charge in [0.15, 0.2) is 30.6 Å². The summed E-state index contributed by atoms with van der Waals surface area (Å²) < 4.78 is 23.6. The zero-order chi connectivity index (χ0) is 44.1. The van der Waals surface area contributed by atoms with Crippen molar-refractivity contribution in [2.24, 2.45) is 50.2 Å². The van der Waals surface area contributed by atoms with Crippen LogP contribution < -0.4 is 5.32 Å². The van der Waals surface area contributed by atoms with Crippen LogP contribution in [0.2, 0.25) is 0 Å². The Morgan fingerprint density at radius 3 is 2.02 bits per heavy atom. The van der Waals surface area contributed by atoms with E-state index in [1.807, 2.05) is 0 Å². The molecule has 0 bridgehead atoms. The van der Waals surface area contributed by atoms with E-state index < -0.39 is 90.3 Å². The maximum Gasteiger partial charge on any atom is 0.335 e. The second-order valence-electron chi connectivity index (χ2n) is 21.7. The Labute approximate surface area is 353 Å². The summed E-state index contributed by atoms with van der Waals surface area (Å²) in [4.78, 5) is 39.1. The van der Waals surface area contributed by atoms with Gasteiger partial charge in [0, 0.05) is 12.5 Å². The van der Waals surface area contributed by atoms with Crippen LogP contribution >= 0.6 is 0 Å². The van der Waals surface area contributed by atoms with Gasteiger partial charge in [-0.25, -0.2) is 9.59 Å². The highest BCUT2D eigenvalue weighted by Gasteiger charge is 2.70. The molecule has 5 aliphatic carbocycles. The highest BCUT2D eigenvalue weighted by molar-refractivity contribution is 5.95. The van der Waals surface area contributed by atoms with Crippen molar-refractivity contribution in [3.05, 3.63) is 11.6 Å². The molecule has 15 heteroatoms. The number of rotatable bonds is 10. The summed E-state index contributed by atoms with van der Waals surface area (Å²) in [5.41, 5.74) is 0.173. The van der Waals surface area contributed by atoms with Gasteiger partial charge >= 0.3 is 11.9 Å². The number of carboxylic acids is 2. The Balaban J connectivity index is 1.16. The van der Waals surface area contributed by atoms with Gasteiger partial charge in [-0.3, -0.25) is 4.79 Å². The summed E-state index contributed by atoms with van der Waals surface area (Å²) in [7, 11) is 0. The van der Waals surface area contributed by atoms with Crippen molar-refractivity contribution >= 4 is 17.7 Å². The molecule has 0 spiro atoms. The SMILES string of the molecule is CCCNC[C@@]1(C)CC[C@]2(C)CC[C@]3(C)C(=CC(=O)[C@@H]4[C@@]5(C)CC[C@H](O[C@@H]6O[C@H](C(=O)O)[C@@H](O)[C@H](O)[C@H]6O[C@@H]6O[C@H](C(=O)O)[C@@H](O)[C@H](O)[C@H]6O)C(C)(C)[C@@H]5CC[C@]43C)[C@@H]2C1. The zero-order valence-electron chi connectivity index (χ0n) is 36.6. The second kappa shape index (κ2) is 15.9. The third kappa shape index (κ3) is 7.13. The number of nitrogens with one attached hydrogen (secondary N) is 1. The molecule has 0 aromatic carbocycles. The van der Waals surface area contributed by atoms with E-state index in [9.17, 15) is 45.3 Å². The van der Waals surface area contributed by atoms with Gasteiger partial charge in [0.1, 0.15) is 36.6 Å². The molecule has 19 atom stereocenters. The van der Waals surface area contributed by atoms with Crippen molar-refractivity contribution in [2.75, 3.05) is 13.1 Å². The number of aliphatic hydroxyl groups excluding tert-OH is 5. The second-order valence-corrected chi connectivity index (χ2v) is 21.7. The summed E-state index contributed by atoms with van der Waals surface area (Å²) in [6.07, 6.45) is -8.48. The van der Waals surface area contributed by atoms with E-state index in [-0.39, 0.29) is 39.3 Å². The molecule has 8 N–H and O–H groups in total. The van der Waals surface area contributed by atoms with Gasteiger partial charge < -0.3 is 60.0 Å². The van der Waals surface area contributed by atoms with E-state index in [0.717, 1.165) is 58.0 Å². The van der Waals surface area contributed by atoms with Crippen molar-refractivity contribution in [3.63, 3.8) is 0 Å². The highest BCUT2D eigenvalue weighted by atomic mass is 16.8. The number of aliphatic hydroxyl groups is 5. The molecule has 7 aliphatic rings. The van der Waals surface area contributed by atoms with Gasteiger partial charge in [-0.2, -0.15) is 0 Å². The number of aliphatic carboxylic acids is 2. The molecule has 0 radical (unpaired) electrons. The van der Waals surface area contributed by atoms with E-state index in [4.69, 9.17) is 18.9 Å². The maximum atomic E-state index is 15.0. The Bertz CT molecular complexity index is 1710. The number of ketones is 1. The minimum atomic E-state index is -2.02. The number of hydrogen-bond donors (Lipinski definition) is 8. The largest absolute Gasteiger partial charge is 0.479 e. The Morgan fingerprint density at radius 2 is 1.38 bits per heavy atom. The van der Waals surface area contributed by atoms with Crippen LogP contribution in [0.15, 0.2) is 11.6 Å². The van der Waals surface area contributed by atoms with Crippen molar-refractivity contribution in [2.45, 2.75) is 187 Å². The Morgan fingerprint density at radius 1 is 0.767 bits per heavy atom. The molecule has 0 aromatic heterocycles. The van der Waals surface area contributed by atoms with E-state index in [0.29, 0.717) is 18.8 Å². The van der Waals surface area contributed by atoms with Gasteiger partial charge in [0.25, 0.3) is 0 Å². The molecule has 4 saturated carbocycles. The highest BCUT2D eigenvalue weighted by Crippen LogP contribution is 2.75. The topological polar surface area (TPSA) is 242 Å². The standard InChI is InChI=1S/C45H71NO14/c1-9-18-46-21-41(4)14-15-42(5)16-17-44(7)22(23(42)20-41)19-24(47)35-43(6)12-11-26(40(2,3)25(43)10-13-45(35,44)8)57-39-34(30(51)29(50)33(59-39)37(55)56)60-38-31(52)27(48)28(49)32(58-38)36(53)54/h19,23,25-35,38-39,46,48-52H,9-18,20-21H2,1-8H3,(H,53,54)(H,55,56)/t23-,25-,26-,27-,28-,29-,30-,31+,32-,33-,34+,35+,38-,39+,41-,42+,43-,44+,45+/m0/s1. The predicted molar refractivity (Wildman–Crippen MR) is 215 cm³/mol. The van der Waals surface area contributed by atoms with Crippen LogP contribution in [0.5, 0.6) is 0 Å². The number of allylic oxidation sites excluding steroid dienone is 2. The van der Waals surface area contributed by atoms with Crippen LogP contribution in [0.3, 0.4) is 0 Å². The quantitative estimate of drug-likeness (QED) is 0.116. The average molecular weight is 850 g/mol. The number of fused-ring (bicyclic) bond motifs is 7. The van der Waals surface area contributed by atoms with Crippen LogP contribution in [0.4, 0.5) is 0 Å². The molecule has 2 heterocycles. The summed E-state index contributed by atoms with van der Waals surface area (Å²) >= 11 is 0. The lowest BCUT2D eigenvalue weighted by atomic mass is 9.33. The normalized spacial score (nSPS) is 51.3. The van der Waals surface area contributed by atoms with E-state index in [2.05, 4.69) is 66.8 Å². The zero-order valence-corrected chi connectivity index (χ0v) is 36.6. The minimum absolute atomic E-state index is 0.0222. The number of carboxylic acid groups (broad SMARTS) is 2. The number of hydrogen-bond acceptors (Lipinski definition) is 13. The Hall–Kier alpha value is -2.05. The van der Waals surface area contributed by atoms with Crippen LogP contribution in [0.1, 0.15) is 120 Å². The third-order valence-electron chi connectivity index (χ3n) is 17.8. The summed E-state index contributed by atoms with van der Waals surface area (Å²) in [6, 6.07) is 0.